The van der Waals surface area contributed by atoms with E-state index in [1.54, 1.807) is 0 Å². The van der Waals surface area contributed by atoms with Crippen molar-refractivity contribution in [3.8, 4) is 11.4 Å². The molecule has 2 amide bonds. The van der Waals surface area contributed by atoms with Gasteiger partial charge in [0.25, 0.3) is 0 Å². The summed E-state index contributed by atoms with van der Waals surface area (Å²) in [6.07, 6.45) is -4.61. The molecule has 0 radical (unpaired) electrons. The van der Waals surface area contributed by atoms with E-state index in [1.807, 2.05) is 24.3 Å². The third-order valence-electron chi connectivity index (χ3n) is 4.88. The van der Waals surface area contributed by atoms with Crippen molar-refractivity contribution in [1.29, 1.82) is 0 Å². The van der Waals surface area contributed by atoms with Crippen LogP contribution in [0.3, 0.4) is 0 Å². The van der Waals surface area contributed by atoms with Crippen LogP contribution in [0.15, 0.2) is 48.5 Å². The molecule has 0 unspecified atom stereocenters. The molecule has 0 bridgehead atoms. The normalized spacial score (nSPS) is 11.5. The highest BCUT2D eigenvalue weighted by molar-refractivity contribution is 5.95. The molecular weight excluding hydrogens is 437 g/mol. The predicted octanol–water partition coefficient (Wildman–Crippen LogP) is 3.58. The number of carbonyl (C=O) groups is 2. The molecule has 2 aromatic carbocycles. The van der Waals surface area contributed by atoms with Crippen molar-refractivity contribution in [3.05, 3.63) is 59.7 Å². The van der Waals surface area contributed by atoms with Gasteiger partial charge in [0.1, 0.15) is 6.54 Å². The number of hydrogen-bond donors (Lipinski definition) is 1. The molecule has 8 nitrogen and oxygen atoms in total. The van der Waals surface area contributed by atoms with E-state index in [4.69, 9.17) is 0 Å². The average Bonchev–Trinajstić information content (AvgIpc) is 3.21. The van der Waals surface area contributed by atoms with Crippen molar-refractivity contribution >= 4 is 17.5 Å². The number of amides is 2. The number of likely N-dealkylation sites (N-methyl/N-ethyl adjacent to an activating group) is 1. The molecular formula is C22H23F3N6O2. The summed E-state index contributed by atoms with van der Waals surface area (Å²) in [7, 11) is 1.36. The third-order valence-corrected chi connectivity index (χ3v) is 4.88. The minimum Gasteiger partial charge on any atom is -0.335 e. The number of hydrogen-bond acceptors (Lipinski definition) is 5. The number of nitrogens with zero attached hydrogens (tertiary/aromatic N) is 5. The summed E-state index contributed by atoms with van der Waals surface area (Å²) in [4.78, 5) is 26.8. The van der Waals surface area contributed by atoms with Crippen LogP contribution >= 0.6 is 0 Å². The topological polar surface area (TPSA) is 93.0 Å². The van der Waals surface area contributed by atoms with E-state index in [0.29, 0.717) is 11.7 Å². The first-order valence-electron chi connectivity index (χ1n) is 10.1. The quantitative estimate of drug-likeness (QED) is 0.582. The molecule has 0 aliphatic rings. The predicted molar refractivity (Wildman–Crippen MR) is 115 cm³/mol. The van der Waals surface area contributed by atoms with E-state index in [-0.39, 0.29) is 12.2 Å². The number of aromatic nitrogens is 4. The number of halogens is 3. The monoisotopic (exact) mass is 460 g/mol. The van der Waals surface area contributed by atoms with Crippen molar-refractivity contribution in [2.45, 2.75) is 32.5 Å². The maximum absolute atomic E-state index is 13.1. The Balaban J connectivity index is 1.59. The smallest absolute Gasteiger partial charge is 0.335 e. The number of anilines is 1. The summed E-state index contributed by atoms with van der Waals surface area (Å²) >= 11 is 0. The lowest BCUT2D eigenvalue weighted by Crippen LogP contribution is -2.37. The second-order valence-corrected chi connectivity index (χ2v) is 7.76. The van der Waals surface area contributed by atoms with Crippen LogP contribution in [0.25, 0.3) is 11.4 Å². The second-order valence-electron chi connectivity index (χ2n) is 7.76. The summed E-state index contributed by atoms with van der Waals surface area (Å²) in [6, 6.07) is 12.3. The van der Waals surface area contributed by atoms with E-state index in [2.05, 4.69) is 34.6 Å². The highest BCUT2D eigenvalue weighted by Crippen LogP contribution is 2.34. The summed E-state index contributed by atoms with van der Waals surface area (Å²) in [5.41, 5.74) is 0.572. The van der Waals surface area contributed by atoms with Crippen molar-refractivity contribution in [1.82, 2.24) is 25.1 Å². The van der Waals surface area contributed by atoms with Gasteiger partial charge in [-0.25, -0.2) is 0 Å². The van der Waals surface area contributed by atoms with Crippen LogP contribution in [-0.2, 0) is 22.3 Å². The molecule has 0 saturated carbocycles. The average molecular weight is 460 g/mol. The van der Waals surface area contributed by atoms with Crippen LogP contribution < -0.4 is 5.32 Å². The Morgan fingerprint density at radius 3 is 2.39 bits per heavy atom. The molecule has 1 heterocycles. The van der Waals surface area contributed by atoms with Gasteiger partial charge in [-0.15, -0.1) is 10.2 Å². The minimum absolute atomic E-state index is 0.278. The number of benzene rings is 2. The minimum atomic E-state index is -4.61. The van der Waals surface area contributed by atoms with Crippen molar-refractivity contribution in [3.63, 3.8) is 0 Å². The molecule has 1 N–H and O–H groups in total. The van der Waals surface area contributed by atoms with Gasteiger partial charge < -0.3 is 10.2 Å². The zero-order valence-electron chi connectivity index (χ0n) is 18.3. The Labute approximate surface area is 188 Å². The first-order chi connectivity index (χ1) is 15.5. The molecule has 174 valence electrons. The zero-order valence-corrected chi connectivity index (χ0v) is 18.3. The van der Waals surface area contributed by atoms with Crippen LogP contribution in [0, 0.1) is 0 Å². The van der Waals surface area contributed by atoms with E-state index < -0.39 is 30.1 Å². The van der Waals surface area contributed by atoms with Gasteiger partial charge in [0.2, 0.25) is 17.6 Å². The van der Waals surface area contributed by atoms with Crippen molar-refractivity contribution in [2.24, 2.45) is 0 Å². The van der Waals surface area contributed by atoms with Gasteiger partial charge in [-0.3, -0.25) is 9.59 Å². The fourth-order valence-electron chi connectivity index (χ4n) is 3.02. The lowest BCUT2D eigenvalue weighted by Gasteiger charge is -2.18. The Kier molecular flexibility index (Phi) is 7.10. The molecule has 0 fully saturated rings. The Hall–Kier alpha value is -3.76. The first kappa shape index (κ1) is 23.9. The maximum atomic E-state index is 13.1. The third kappa shape index (κ3) is 6.15. The standard InChI is InChI=1S/C22H23F3N6O2/c1-14(2)15-8-10-16(11-9-15)21-27-29-31(28-21)13-20(33)30(3)12-19(32)26-18-7-5-4-6-17(18)22(23,24)25/h4-11,14H,12-13H2,1-3H3,(H,26,32). The van der Waals surface area contributed by atoms with Gasteiger partial charge in [-0.1, -0.05) is 50.2 Å². The van der Waals surface area contributed by atoms with Gasteiger partial charge >= 0.3 is 6.18 Å². The number of tetrazole rings is 1. The molecule has 0 saturated heterocycles. The number of para-hydroxylation sites is 1. The fourth-order valence-corrected chi connectivity index (χ4v) is 3.02. The Morgan fingerprint density at radius 1 is 1.09 bits per heavy atom. The lowest BCUT2D eigenvalue weighted by molar-refractivity contribution is -0.137. The van der Waals surface area contributed by atoms with E-state index >= 15 is 0 Å². The Morgan fingerprint density at radius 2 is 1.76 bits per heavy atom. The molecule has 3 aromatic rings. The highest BCUT2D eigenvalue weighted by Gasteiger charge is 2.33. The summed E-state index contributed by atoms with van der Waals surface area (Å²) in [5, 5.41) is 14.2. The van der Waals surface area contributed by atoms with Crippen LogP contribution in [-0.4, -0.2) is 50.5 Å². The summed E-state index contributed by atoms with van der Waals surface area (Å²) in [6.45, 7) is 3.45. The second kappa shape index (κ2) is 9.80. The van der Waals surface area contributed by atoms with Crippen LogP contribution in [0.1, 0.15) is 30.9 Å². The van der Waals surface area contributed by atoms with Gasteiger partial charge in [0.15, 0.2) is 0 Å². The van der Waals surface area contributed by atoms with E-state index in [1.165, 1.54) is 24.7 Å². The number of nitrogens with one attached hydrogen (secondary N) is 1. The molecule has 0 aliphatic carbocycles. The Bertz CT molecular complexity index is 1130. The SMILES string of the molecule is CC(C)c1ccc(-c2nnn(CC(=O)N(C)CC(=O)Nc3ccccc3C(F)(F)F)n2)cc1. The largest absolute Gasteiger partial charge is 0.418 e. The first-order valence-corrected chi connectivity index (χ1v) is 10.1. The van der Waals surface area contributed by atoms with Gasteiger partial charge in [0.05, 0.1) is 17.8 Å². The van der Waals surface area contributed by atoms with Gasteiger partial charge in [-0.05, 0) is 28.8 Å². The van der Waals surface area contributed by atoms with E-state index in [9.17, 15) is 22.8 Å². The number of alkyl halides is 3. The van der Waals surface area contributed by atoms with E-state index in [0.717, 1.165) is 27.4 Å². The summed E-state index contributed by atoms with van der Waals surface area (Å²) < 4.78 is 39.2. The highest BCUT2D eigenvalue weighted by atomic mass is 19.4. The number of rotatable bonds is 7. The van der Waals surface area contributed by atoms with Gasteiger partial charge in [-0.2, -0.15) is 18.0 Å². The molecule has 0 atom stereocenters. The summed E-state index contributed by atoms with van der Waals surface area (Å²) in [5.74, 6) is -0.536. The van der Waals surface area contributed by atoms with Crippen LogP contribution in [0.4, 0.5) is 18.9 Å². The molecule has 3 rings (SSSR count). The molecule has 33 heavy (non-hydrogen) atoms. The zero-order chi connectivity index (χ0) is 24.2. The fraction of sp³-hybridized carbons (Fsp3) is 0.318. The number of carbonyl (C=O) groups excluding carboxylic acids is 2. The maximum Gasteiger partial charge on any atom is 0.418 e. The molecule has 1 aromatic heterocycles. The molecule has 11 heteroatoms. The van der Waals surface area contributed by atoms with Crippen LogP contribution in [0.5, 0.6) is 0 Å². The van der Waals surface area contributed by atoms with Gasteiger partial charge in [0, 0.05) is 12.6 Å². The molecule has 0 spiro atoms. The van der Waals surface area contributed by atoms with Crippen molar-refractivity contribution in [2.75, 3.05) is 18.9 Å². The van der Waals surface area contributed by atoms with Crippen LogP contribution in [0.2, 0.25) is 0 Å². The lowest BCUT2D eigenvalue weighted by atomic mass is 10.0. The molecule has 0 aliphatic heterocycles. The van der Waals surface area contributed by atoms with Crippen molar-refractivity contribution < 1.29 is 22.8 Å².